The third kappa shape index (κ3) is 1.71. The van der Waals surface area contributed by atoms with E-state index in [0.29, 0.717) is 12.8 Å². The molecular weight excluding hydrogens is 221 g/mol. The number of hydrogen-bond donors (Lipinski definition) is 1. The van der Waals surface area contributed by atoms with Crippen molar-refractivity contribution in [2.24, 2.45) is 5.14 Å². The Hall–Kier alpha value is 0.490. The third-order valence-electron chi connectivity index (χ3n) is 2.17. The zero-order valence-electron chi connectivity index (χ0n) is 6.46. The van der Waals surface area contributed by atoms with Gasteiger partial charge in [-0.2, -0.15) is 0 Å². The second-order valence-electron chi connectivity index (χ2n) is 3.04. The number of sulfonamides is 1. The van der Waals surface area contributed by atoms with E-state index in [4.69, 9.17) is 28.3 Å². The maximum atomic E-state index is 11.1. The highest BCUT2D eigenvalue weighted by molar-refractivity contribution is 7.92. The first-order valence-corrected chi connectivity index (χ1v) is 6.09. The second-order valence-corrected chi connectivity index (χ2v) is 6.29. The molecule has 0 radical (unpaired) electrons. The molecule has 0 bridgehead atoms. The summed E-state index contributed by atoms with van der Waals surface area (Å²) in [6.45, 7) is 0. The van der Waals surface area contributed by atoms with Gasteiger partial charge >= 0.3 is 0 Å². The summed E-state index contributed by atoms with van der Waals surface area (Å²) in [4.78, 5) is 0. The van der Waals surface area contributed by atoms with Crippen molar-refractivity contribution in [1.29, 1.82) is 0 Å². The zero-order valence-corrected chi connectivity index (χ0v) is 8.79. The Kier molecular flexibility index (Phi) is 2.93. The van der Waals surface area contributed by atoms with Crippen LogP contribution in [0.5, 0.6) is 0 Å². The van der Waals surface area contributed by atoms with Gasteiger partial charge in [-0.1, -0.05) is 24.4 Å². The van der Waals surface area contributed by atoms with Crippen molar-refractivity contribution in [2.75, 3.05) is 0 Å². The summed E-state index contributed by atoms with van der Waals surface area (Å²) >= 11 is 11.7. The van der Waals surface area contributed by atoms with Gasteiger partial charge in [0.2, 0.25) is 10.0 Å². The van der Waals surface area contributed by atoms with Crippen molar-refractivity contribution < 1.29 is 8.42 Å². The van der Waals surface area contributed by atoms with Gasteiger partial charge in [-0.25, -0.2) is 13.6 Å². The van der Waals surface area contributed by atoms with Crippen molar-refractivity contribution in [3.8, 4) is 0 Å². The lowest BCUT2D eigenvalue weighted by molar-refractivity contribution is 0.460. The lowest BCUT2D eigenvalue weighted by Gasteiger charge is -2.33. The molecule has 2 unspecified atom stereocenters. The van der Waals surface area contributed by atoms with E-state index in [-0.39, 0.29) is 0 Å². The predicted molar refractivity (Wildman–Crippen MR) is 49.8 cm³/mol. The Balaban J connectivity index is 2.95. The fourth-order valence-electron chi connectivity index (χ4n) is 1.38. The van der Waals surface area contributed by atoms with Crippen molar-refractivity contribution in [1.82, 2.24) is 0 Å². The van der Waals surface area contributed by atoms with Crippen LogP contribution in [0, 0.1) is 0 Å². The van der Waals surface area contributed by atoms with Crippen LogP contribution in [0.2, 0.25) is 0 Å². The normalized spacial score (nSPS) is 38.1. The molecule has 2 N–H and O–H groups in total. The minimum absolute atomic E-state index is 0.349. The molecule has 2 atom stereocenters. The van der Waals surface area contributed by atoms with Gasteiger partial charge in [-0.3, -0.25) is 0 Å². The molecular formula is C6H11Cl2NO2S. The van der Waals surface area contributed by atoms with Crippen LogP contribution >= 0.6 is 23.2 Å². The summed E-state index contributed by atoms with van der Waals surface area (Å²) < 4.78 is 20.7. The first-order chi connectivity index (χ1) is 5.38. The largest absolute Gasteiger partial charge is 0.230 e. The van der Waals surface area contributed by atoms with Crippen LogP contribution in [0.25, 0.3) is 0 Å². The summed E-state index contributed by atoms with van der Waals surface area (Å²) in [5.74, 6) is 0. The molecule has 0 saturated heterocycles. The minimum atomic E-state index is -3.74. The van der Waals surface area contributed by atoms with Crippen LogP contribution in [-0.4, -0.2) is 18.0 Å². The number of primary sulfonamides is 1. The summed E-state index contributed by atoms with van der Waals surface area (Å²) in [5.41, 5.74) is 0. The number of halogens is 2. The van der Waals surface area contributed by atoms with E-state index in [9.17, 15) is 8.42 Å². The van der Waals surface area contributed by atoms with Gasteiger partial charge in [-0.15, -0.1) is 11.6 Å². The number of rotatable bonds is 1. The SMILES string of the molecule is NS(=O)(=O)C1(Cl)CCCCC1Cl. The molecule has 0 aliphatic heterocycles. The second kappa shape index (κ2) is 3.33. The summed E-state index contributed by atoms with van der Waals surface area (Å²) in [6.07, 6.45) is 2.64. The topological polar surface area (TPSA) is 60.2 Å². The maximum absolute atomic E-state index is 11.1. The van der Waals surface area contributed by atoms with Gasteiger partial charge in [-0.05, 0) is 12.8 Å². The van der Waals surface area contributed by atoms with Gasteiger partial charge in [0.1, 0.15) is 0 Å². The van der Waals surface area contributed by atoms with E-state index >= 15 is 0 Å². The fraction of sp³-hybridized carbons (Fsp3) is 1.00. The number of nitrogens with two attached hydrogens (primary N) is 1. The average Bonchev–Trinajstić information content (AvgIpc) is 1.93. The molecule has 1 fully saturated rings. The van der Waals surface area contributed by atoms with E-state index < -0.39 is 19.6 Å². The molecule has 1 aliphatic rings. The van der Waals surface area contributed by atoms with Gasteiger partial charge in [0, 0.05) is 0 Å². The molecule has 0 aromatic heterocycles. The average molecular weight is 232 g/mol. The van der Waals surface area contributed by atoms with Crippen LogP contribution in [0.3, 0.4) is 0 Å². The monoisotopic (exact) mass is 231 g/mol. The molecule has 0 aromatic rings. The van der Waals surface area contributed by atoms with Crippen LogP contribution < -0.4 is 5.14 Å². The lowest BCUT2D eigenvalue weighted by atomic mass is 9.99. The summed E-state index contributed by atoms with van der Waals surface area (Å²) in [5, 5.41) is 4.42. The smallest absolute Gasteiger partial charge is 0.227 e. The van der Waals surface area contributed by atoms with Crippen molar-refractivity contribution in [3.63, 3.8) is 0 Å². The molecule has 1 rings (SSSR count). The highest BCUT2D eigenvalue weighted by Crippen LogP contribution is 2.40. The molecule has 72 valence electrons. The van der Waals surface area contributed by atoms with Gasteiger partial charge in [0.05, 0.1) is 5.38 Å². The summed E-state index contributed by atoms with van der Waals surface area (Å²) in [6, 6.07) is 0. The van der Waals surface area contributed by atoms with E-state index in [1.807, 2.05) is 0 Å². The zero-order chi connectivity index (χ0) is 9.41. The molecule has 0 amide bonds. The van der Waals surface area contributed by atoms with E-state index in [2.05, 4.69) is 0 Å². The van der Waals surface area contributed by atoms with Gasteiger partial charge < -0.3 is 0 Å². The molecule has 0 heterocycles. The third-order valence-corrected chi connectivity index (χ3v) is 5.53. The molecule has 0 spiro atoms. The molecule has 12 heavy (non-hydrogen) atoms. The molecule has 0 aromatic carbocycles. The Bertz CT molecular complexity index is 267. The van der Waals surface area contributed by atoms with E-state index in [0.717, 1.165) is 12.8 Å². The Morgan fingerprint density at radius 1 is 1.42 bits per heavy atom. The quantitative estimate of drug-likeness (QED) is 0.694. The highest BCUT2D eigenvalue weighted by Gasteiger charge is 2.47. The standard InChI is InChI=1S/C6H11Cl2NO2S/c7-5-3-1-2-4-6(5,8)12(9,10)11/h5H,1-4H2,(H2,9,10,11). The van der Waals surface area contributed by atoms with Gasteiger partial charge in [0.25, 0.3) is 0 Å². The van der Waals surface area contributed by atoms with Crippen LogP contribution in [0.4, 0.5) is 0 Å². The van der Waals surface area contributed by atoms with Crippen molar-refractivity contribution >= 4 is 33.2 Å². The maximum Gasteiger partial charge on any atom is 0.230 e. The Labute approximate surface area is 82.3 Å². The minimum Gasteiger partial charge on any atom is -0.227 e. The highest BCUT2D eigenvalue weighted by atomic mass is 35.5. The van der Waals surface area contributed by atoms with Gasteiger partial charge in [0.15, 0.2) is 4.21 Å². The van der Waals surface area contributed by atoms with E-state index in [1.54, 1.807) is 0 Å². The van der Waals surface area contributed by atoms with Crippen LogP contribution in [0.15, 0.2) is 0 Å². The number of hydrogen-bond acceptors (Lipinski definition) is 2. The lowest BCUT2D eigenvalue weighted by Crippen LogP contribution is -2.47. The predicted octanol–water partition coefficient (Wildman–Crippen LogP) is 1.39. The Morgan fingerprint density at radius 2 is 2.00 bits per heavy atom. The molecule has 3 nitrogen and oxygen atoms in total. The molecule has 1 aliphatic carbocycles. The van der Waals surface area contributed by atoms with Crippen molar-refractivity contribution in [3.05, 3.63) is 0 Å². The first-order valence-electron chi connectivity index (χ1n) is 3.73. The van der Waals surface area contributed by atoms with Crippen molar-refractivity contribution in [2.45, 2.75) is 35.3 Å². The summed E-state index contributed by atoms with van der Waals surface area (Å²) in [7, 11) is -3.74. The van der Waals surface area contributed by atoms with Crippen LogP contribution in [-0.2, 0) is 10.0 Å². The fourth-order valence-corrected chi connectivity index (χ4v) is 3.16. The Morgan fingerprint density at radius 3 is 2.33 bits per heavy atom. The first kappa shape index (κ1) is 10.6. The number of alkyl halides is 2. The molecule has 1 saturated carbocycles. The molecule has 6 heteroatoms. The van der Waals surface area contributed by atoms with E-state index in [1.165, 1.54) is 0 Å². The van der Waals surface area contributed by atoms with Crippen LogP contribution in [0.1, 0.15) is 25.7 Å².